The standard InChI is InChI=1S/C18H26N4S2.HI/c1-13-5-7-16(8-6-13)23-12-11-21-18(19-4)20-10-9-17-22-14(2)15(3)24-17;/h5-8H,9-12H2,1-4H3,(H2,19,20,21);1H. The highest BCUT2D eigenvalue weighted by Crippen LogP contribution is 2.17. The quantitative estimate of drug-likeness (QED) is 0.201. The van der Waals surface area contributed by atoms with Crippen molar-refractivity contribution < 1.29 is 0 Å². The smallest absolute Gasteiger partial charge is 0.191 e. The molecule has 7 heteroatoms. The number of guanidine groups is 1. The van der Waals surface area contributed by atoms with Gasteiger partial charge in [0.25, 0.3) is 0 Å². The van der Waals surface area contributed by atoms with E-state index in [9.17, 15) is 0 Å². The van der Waals surface area contributed by atoms with Gasteiger partial charge in [0.05, 0.1) is 10.7 Å². The minimum absolute atomic E-state index is 0. The molecule has 0 aliphatic heterocycles. The van der Waals surface area contributed by atoms with E-state index >= 15 is 0 Å². The molecule has 138 valence electrons. The van der Waals surface area contributed by atoms with Crippen molar-refractivity contribution in [3.8, 4) is 0 Å². The Morgan fingerprint density at radius 1 is 1.12 bits per heavy atom. The lowest BCUT2D eigenvalue weighted by atomic mass is 10.2. The van der Waals surface area contributed by atoms with Crippen molar-refractivity contribution in [2.24, 2.45) is 4.99 Å². The van der Waals surface area contributed by atoms with Crippen molar-refractivity contribution in [2.45, 2.75) is 32.1 Å². The number of aromatic nitrogens is 1. The molecule has 0 bridgehead atoms. The van der Waals surface area contributed by atoms with Gasteiger partial charge in [-0.2, -0.15) is 0 Å². The van der Waals surface area contributed by atoms with Crippen LogP contribution in [-0.2, 0) is 6.42 Å². The fraction of sp³-hybridized carbons (Fsp3) is 0.444. The third-order valence-corrected chi connectivity index (χ3v) is 5.76. The number of thiazole rings is 1. The molecule has 0 radical (unpaired) electrons. The van der Waals surface area contributed by atoms with Crippen molar-refractivity contribution >= 4 is 53.0 Å². The van der Waals surface area contributed by atoms with Crippen molar-refractivity contribution in [2.75, 3.05) is 25.9 Å². The third-order valence-electron chi connectivity index (χ3n) is 3.61. The zero-order chi connectivity index (χ0) is 17.4. The highest BCUT2D eigenvalue weighted by molar-refractivity contribution is 14.0. The van der Waals surface area contributed by atoms with Crippen LogP contribution in [0.15, 0.2) is 34.2 Å². The predicted molar refractivity (Wildman–Crippen MR) is 122 cm³/mol. The molecule has 0 fully saturated rings. The van der Waals surface area contributed by atoms with E-state index in [4.69, 9.17) is 0 Å². The summed E-state index contributed by atoms with van der Waals surface area (Å²) in [6.45, 7) is 8.02. The van der Waals surface area contributed by atoms with Crippen LogP contribution in [0.3, 0.4) is 0 Å². The van der Waals surface area contributed by atoms with Crippen LogP contribution in [0.2, 0.25) is 0 Å². The van der Waals surface area contributed by atoms with Gasteiger partial charge in [-0.25, -0.2) is 4.98 Å². The summed E-state index contributed by atoms with van der Waals surface area (Å²) in [7, 11) is 1.81. The van der Waals surface area contributed by atoms with E-state index in [1.807, 2.05) is 11.8 Å². The molecule has 0 saturated heterocycles. The lowest BCUT2D eigenvalue weighted by molar-refractivity contribution is 0.807. The highest BCUT2D eigenvalue weighted by atomic mass is 127. The van der Waals surface area contributed by atoms with Gasteiger partial charge in [-0.05, 0) is 32.9 Å². The van der Waals surface area contributed by atoms with Gasteiger partial charge in [0.2, 0.25) is 0 Å². The number of hydrogen-bond donors (Lipinski definition) is 2. The summed E-state index contributed by atoms with van der Waals surface area (Å²) in [6, 6.07) is 8.65. The number of rotatable bonds is 7. The molecule has 2 aromatic rings. The minimum Gasteiger partial charge on any atom is -0.356 e. The van der Waals surface area contributed by atoms with Crippen molar-refractivity contribution in [3.63, 3.8) is 0 Å². The summed E-state index contributed by atoms with van der Waals surface area (Å²) < 4.78 is 0. The fourth-order valence-corrected chi connectivity index (χ4v) is 3.83. The maximum absolute atomic E-state index is 4.56. The van der Waals surface area contributed by atoms with E-state index in [-0.39, 0.29) is 24.0 Å². The van der Waals surface area contributed by atoms with Gasteiger partial charge in [0, 0.05) is 42.1 Å². The summed E-state index contributed by atoms with van der Waals surface area (Å²) in [5.41, 5.74) is 2.44. The highest BCUT2D eigenvalue weighted by Gasteiger charge is 2.04. The molecule has 0 amide bonds. The molecule has 2 rings (SSSR count). The Balaban J connectivity index is 0.00000312. The lowest BCUT2D eigenvalue weighted by Crippen LogP contribution is -2.39. The lowest BCUT2D eigenvalue weighted by Gasteiger charge is -2.11. The maximum atomic E-state index is 4.56. The first-order chi connectivity index (χ1) is 11.6. The Labute approximate surface area is 176 Å². The summed E-state index contributed by atoms with van der Waals surface area (Å²) in [5.74, 6) is 1.86. The van der Waals surface area contributed by atoms with Crippen LogP contribution in [0.5, 0.6) is 0 Å². The van der Waals surface area contributed by atoms with Gasteiger partial charge >= 0.3 is 0 Å². The van der Waals surface area contributed by atoms with Gasteiger partial charge < -0.3 is 10.6 Å². The minimum atomic E-state index is 0. The molecular formula is C18H27IN4S2. The number of hydrogen-bond acceptors (Lipinski definition) is 4. The van der Waals surface area contributed by atoms with Gasteiger partial charge in [0.1, 0.15) is 0 Å². The van der Waals surface area contributed by atoms with Crippen LogP contribution in [0.4, 0.5) is 0 Å². The summed E-state index contributed by atoms with van der Waals surface area (Å²) >= 11 is 3.63. The molecule has 25 heavy (non-hydrogen) atoms. The number of nitrogens with zero attached hydrogens (tertiary/aromatic N) is 2. The van der Waals surface area contributed by atoms with Crippen molar-refractivity contribution in [1.29, 1.82) is 0 Å². The molecule has 0 unspecified atom stereocenters. The molecule has 1 heterocycles. The Kier molecular flexibility index (Phi) is 10.4. The molecule has 0 spiro atoms. The monoisotopic (exact) mass is 490 g/mol. The molecule has 0 saturated carbocycles. The molecule has 1 aromatic carbocycles. The maximum Gasteiger partial charge on any atom is 0.191 e. The van der Waals surface area contributed by atoms with Gasteiger partial charge in [-0.15, -0.1) is 47.1 Å². The van der Waals surface area contributed by atoms with Crippen LogP contribution in [0.25, 0.3) is 0 Å². The van der Waals surface area contributed by atoms with Crippen molar-refractivity contribution in [3.05, 3.63) is 45.4 Å². The number of nitrogens with one attached hydrogen (secondary N) is 2. The second-order valence-electron chi connectivity index (χ2n) is 5.59. The number of halogens is 1. The Morgan fingerprint density at radius 2 is 1.80 bits per heavy atom. The Hall–Kier alpha value is -0.800. The molecule has 0 aliphatic carbocycles. The third kappa shape index (κ3) is 7.96. The van der Waals surface area contributed by atoms with Crippen LogP contribution >= 0.6 is 47.1 Å². The normalized spacial score (nSPS) is 11.1. The van der Waals surface area contributed by atoms with Crippen LogP contribution in [-0.4, -0.2) is 36.8 Å². The zero-order valence-corrected chi connectivity index (χ0v) is 19.2. The van der Waals surface area contributed by atoms with Crippen molar-refractivity contribution in [1.82, 2.24) is 15.6 Å². The summed E-state index contributed by atoms with van der Waals surface area (Å²) in [4.78, 5) is 11.4. The molecule has 2 N–H and O–H groups in total. The second-order valence-corrected chi connectivity index (χ2v) is 8.04. The first kappa shape index (κ1) is 22.2. The van der Waals surface area contributed by atoms with E-state index in [0.717, 1.165) is 36.9 Å². The first-order valence-corrected chi connectivity index (χ1v) is 9.95. The Bertz CT molecular complexity index is 649. The average molecular weight is 490 g/mol. The number of aryl methyl sites for hydroxylation is 3. The van der Waals surface area contributed by atoms with Crippen LogP contribution in [0.1, 0.15) is 21.1 Å². The summed E-state index contributed by atoms with van der Waals surface area (Å²) in [5, 5.41) is 7.89. The topological polar surface area (TPSA) is 49.3 Å². The molecule has 1 aromatic heterocycles. The molecule has 4 nitrogen and oxygen atoms in total. The van der Waals surface area contributed by atoms with Gasteiger partial charge in [-0.3, -0.25) is 4.99 Å². The molecule has 0 aliphatic rings. The van der Waals surface area contributed by atoms with Gasteiger partial charge in [0.15, 0.2) is 5.96 Å². The van der Waals surface area contributed by atoms with E-state index in [1.165, 1.54) is 20.3 Å². The van der Waals surface area contributed by atoms with E-state index in [2.05, 4.69) is 65.6 Å². The molecular weight excluding hydrogens is 463 g/mol. The number of thioether (sulfide) groups is 1. The number of aliphatic imine (C=N–C) groups is 1. The molecule has 0 atom stereocenters. The predicted octanol–water partition coefficient (Wildman–Crippen LogP) is 4.19. The van der Waals surface area contributed by atoms with E-state index in [1.54, 1.807) is 18.4 Å². The first-order valence-electron chi connectivity index (χ1n) is 8.15. The fourth-order valence-electron chi connectivity index (χ4n) is 2.13. The summed E-state index contributed by atoms with van der Waals surface area (Å²) in [6.07, 6.45) is 0.929. The average Bonchev–Trinajstić information content (AvgIpc) is 2.89. The Morgan fingerprint density at radius 3 is 2.40 bits per heavy atom. The van der Waals surface area contributed by atoms with E-state index < -0.39 is 0 Å². The number of benzene rings is 1. The largest absolute Gasteiger partial charge is 0.356 e. The van der Waals surface area contributed by atoms with Crippen LogP contribution < -0.4 is 10.6 Å². The SMILES string of the molecule is CN=C(NCCSc1ccc(C)cc1)NCCc1nc(C)c(C)s1.I. The van der Waals surface area contributed by atoms with Gasteiger partial charge in [-0.1, -0.05) is 17.7 Å². The van der Waals surface area contributed by atoms with E-state index in [0.29, 0.717) is 0 Å². The van der Waals surface area contributed by atoms with Crippen LogP contribution in [0, 0.1) is 20.8 Å². The second kappa shape index (κ2) is 11.7. The zero-order valence-electron chi connectivity index (χ0n) is 15.3.